The van der Waals surface area contributed by atoms with Crippen LogP contribution in [0.2, 0.25) is 0 Å². The number of nitrogens with one attached hydrogen (secondary N) is 1. The van der Waals surface area contributed by atoms with Crippen molar-refractivity contribution < 1.29 is 4.79 Å². The lowest BCUT2D eigenvalue weighted by atomic mass is 10.1. The number of aromatic nitrogens is 1. The summed E-state index contributed by atoms with van der Waals surface area (Å²) in [4.78, 5) is 16.3. The van der Waals surface area contributed by atoms with E-state index in [-0.39, 0.29) is 17.9 Å². The zero-order chi connectivity index (χ0) is 13.8. The second-order valence-electron chi connectivity index (χ2n) is 4.83. The summed E-state index contributed by atoms with van der Waals surface area (Å²) in [7, 11) is 0. The summed E-state index contributed by atoms with van der Waals surface area (Å²) in [6.07, 6.45) is 0.752. The molecule has 0 saturated carbocycles. The van der Waals surface area contributed by atoms with E-state index < -0.39 is 0 Å². The highest BCUT2D eigenvalue weighted by atomic mass is 32.1. The van der Waals surface area contributed by atoms with Gasteiger partial charge >= 0.3 is 0 Å². The normalized spacial score (nSPS) is 14.3. The number of benzene rings is 1. The molecule has 0 spiro atoms. The Morgan fingerprint density at radius 2 is 2.16 bits per heavy atom. The maximum atomic E-state index is 11.7. The van der Waals surface area contributed by atoms with E-state index in [1.54, 1.807) is 11.3 Å². The molecule has 0 fully saturated rings. The second-order valence-corrected chi connectivity index (χ2v) is 5.94. The number of fused-ring (bicyclic) bond motifs is 1. The molecule has 1 aromatic heterocycles. The topological polar surface area (TPSA) is 68.0 Å². The van der Waals surface area contributed by atoms with E-state index in [0.717, 1.165) is 16.9 Å². The van der Waals surface area contributed by atoms with Crippen molar-refractivity contribution in [3.63, 3.8) is 0 Å². The molecular weight excluding hydrogens is 258 g/mol. The van der Waals surface area contributed by atoms with Gasteiger partial charge < -0.3 is 11.1 Å². The number of carbonyl (C=O) groups is 1. The first-order valence-electron chi connectivity index (χ1n) is 6.45. The van der Waals surface area contributed by atoms with Crippen molar-refractivity contribution in [3.8, 4) is 0 Å². The predicted octanol–water partition coefficient (Wildman–Crippen LogP) is 1.94. The molecule has 19 heavy (non-hydrogen) atoms. The van der Waals surface area contributed by atoms with Gasteiger partial charge in [0.15, 0.2) is 0 Å². The zero-order valence-electron chi connectivity index (χ0n) is 11.2. The van der Waals surface area contributed by atoms with Gasteiger partial charge in [0.1, 0.15) is 0 Å². The highest BCUT2D eigenvalue weighted by Crippen LogP contribution is 2.22. The number of hydrogen-bond donors (Lipinski definition) is 2. The Labute approximate surface area is 117 Å². The molecule has 4 nitrogen and oxygen atoms in total. The molecule has 2 unspecified atom stereocenters. The molecule has 0 aliphatic rings. The van der Waals surface area contributed by atoms with E-state index in [2.05, 4.69) is 16.4 Å². The van der Waals surface area contributed by atoms with Gasteiger partial charge in [-0.05, 0) is 19.1 Å². The largest absolute Gasteiger partial charge is 0.353 e. The van der Waals surface area contributed by atoms with Crippen LogP contribution in [0, 0.1) is 5.92 Å². The number of amides is 1. The molecule has 5 heteroatoms. The minimum atomic E-state index is -0.141. The fraction of sp³-hybridized carbons (Fsp3) is 0.429. The van der Waals surface area contributed by atoms with Crippen molar-refractivity contribution >= 4 is 27.5 Å². The standard InChI is InChI=1S/C14H19N3OS/c1-9(8-15)14(18)16-10(2)7-13-17-11-5-3-4-6-12(11)19-13/h3-6,9-10H,7-8,15H2,1-2H3,(H,16,18). The minimum Gasteiger partial charge on any atom is -0.353 e. The first-order valence-corrected chi connectivity index (χ1v) is 7.26. The van der Waals surface area contributed by atoms with Crippen molar-refractivity contribution in [2.45, 2.75) is 26.3 Å². The number of nitrogens with zero attached hydrogens (tertiary/aromatic N) is 1. The third-order valence-corrected chi connectivity index (χ3v) is 4.07. The van der Waals surface area contributed by atoms with Crippen molar-refractivity contribution in [1.82, 2.24) is 10.3 Å². The Morgan fingerprint density at radius 3 is 2.84 bits per heavy atom. The number of rotatable bonds is 5. The molecule has 0 aliphatic heterocycles. The average Bonchev–Trinajstić information content (AvgIpc) is 2.79. The monoisotopic (exact) mass is 277 g/mol. The summed E-state index contributed by atoms with van der Waals surface area (Å²) >= 11 is 1.68. The molecule has 0 aliphatic carbocycles. The molecular formula is C14H19N3OS. The Morgan fingerprint density at radius 1 is 1.42 bits per heavy atom. The van der Waals surface area contributed by atoms with Crippen LogP contribution in [0.3, 0.4) is 0 Å². The van der Waals surface area contributed by atoms with Gasteiger partial charge in [-0.15, -0.1) is 11.3 Å². The molecule has 0 bridgehead atoms. The van der Waals surface area contributed by atoms with Crippen molar-refractivity contribution in [2.24, 2.45) is 11.7 Å². The second kappa shape index (κ2) is 6.12. The summed E-state index contributed by atoms with van der Waals surface area (Å²) < 4.78 is 1.19. The highest BCUT2D eigenvalue weighted by molar-refractivity contribution is 7.18. The quantitative estimate of drug-likeness (QED) is 0.877. The number of para-hydroxylation sites is 1. The van der Waals surface area contributed by atoms with Crippen LogP contribution < -0.4 is 11.1 Å². The first kappa shape index (κ1) is 14.0. The van der Waals surface area contributed by atoms with Gasteiger partial charge in [0.2, 0.25) is 5.91 Å². The Balaban J connectivity index is 1.98. The first-order chi connectivity index (χ1) is 9.10. The number of nitrogens with two attached hydrogens (primary N) is 1. The van der Waals surface area contributed by atoms with E-state index in [1.165, 1.54) is 4.70 Å². The van der Waals surface area contributed by atoms with E-state index in [4.69, 9.17) is 5.73 Å². The van der Waals surface area contributed by atoms with E-state index in [1.807, 2.05) is 32.0 Å². The summed E-state index contributed by atoms with van der Waals surface area (Å²) in [5, 5.41) is 4.02. The van der Waals surface area contributed by atoms with Gasteiger partial charge in [-0.25, -0.2) is 4.98 Å². The lowest BCUT2D eigenvalue weighted by molar-refractivity contribution is -0.124. The molecule has 1 amide bonds. The van der Waals surface area contributed by atoms with Gasteiger partial charge in [-0.3, -0.25) is 4.79 Å². The van der Waals surface area contributed by atoms with Crippen molar-refractivity contribution in [2.75, 3.05) is 6.54 Å². The molecule has 0 saturated heterocycles. The SMILES string of the molecule is CC(Cc1nc2ccccc2s1)NC(=O)C(C)CN. The number of hydrogen-bond acceptors (Lipinski definition) is 4. The van der Waals surface area contributed by atoms with Gasteiger partial charge in [-0.1, -0.05) is 19.1 Å². The van der Waals surface area contributed by atoms with Crippen LogP contribution in [0.25, 0.3) is 10.2 Å². The van der Waals surface area contributed by atoms with Crippen LogP contribution >= 0.6 is 11.3 Å². The minimum absolute atomic E-state index is 0.0103. The Bertz CT molecular complexity index is 534. The lowest BCUT2D eigenvalue weighted by Crippen LogP contribution is -2.39. The smallest absolute Gasteiger partial charge is 0.224 e. The number of carbonyl (C=O) groups excluding carboxylic acids is 1. The highest BCUT2D eigenvalue weighted by Gasteiger charge is 2.15. The van der Waals surface area contributed by atoms with Crippen LogP contribution in [-0.4, -0.2) is 23.5 Å². The molecule has 0 radical (unpaired) electrons. The van der Waals surface area contributed by atoms with Crippen LogP contribution in [0.15, 0.2) is 24.3 Å². The van der Waals surface area contributed by atoms with Crippen LogP contribution in [0.4, 0.5) is 0 Å². The van der Waals surface area contributed by atoms with E-state index >= 15 is 0 Å². The number of thiazole rings is 1. The van der Waals surface area contributed by atoms with Gasteiger partial charge in [-0.2, -0.15) is 0 Å². The molecule has 3 N–H and O–H groups in total. The van der Waals surface area contributed by atoms with Crippen molar-refractivity contribution in [3.05, 3.63) is 29.3 Å². The van der Waals surface area contributed by atoms with E-state index in [9.17, 15) is 4.79 Å². The van der Waals surface area contributed by atoms with Gasteiger partial charge in [0, 0.05) is 24.9 Å². The third kappa shape index (κ3) is 3.52. The molecule has 102 valence electrons. The fourth-order valence-electron chi connectivity index (χ4n) is 1.81. The molecule has 1 heterocycles. The van der Waals surface area contributed by atoms with E-state index in [0.29, 0.717) is 6.54 Å². The maximum absolute atomic E-state index is 11.7. The van der Waals surface area contributed by atoms with Crippen LogP contribution in [0.5, 0.6) is 0 Å². The summed E-state index contributed by atoms with van der Waals surface area (Å²) in [5.41, 5.74) is 6.51. The summed E-state index contributed by atoms with van der Waals surface area (Å²) in [6, 6.07) is 8.14. The molecule has 2 aromatic rings. The molecule has 1 aromatic carbocycles. The third-order valence-electron chi connectivity index (χ3n) is 3.01. The average molecular weight is 277 g/mol. The van der Waals surface area contributed by atoms with Gasteiger partial charge in [0.25, 0.3) is 0 Å². The maximum Gasteiger partial charge on any atom is 0.224 e. The summed E-state index contributed by atoms with van der Waals surface area (Å²) in [5.74, 6) is -0.131. The lowest BCUT2D eigenvalue weighted by Gasteiger charge is -2.15. The Kier molecular flexibility index (Phi) is 4.50. The van der Waals surface area contributed by atoms with Crippen LogP contribution in [-0.2, 0) is 11.2 Å². The predicted molar refractivity (Wildman–Crippen MR) is 79.1 cm³/mol. The van der Waals surface area contributed by atoms with Crippen LogP contribution in [0.1, 0.15) is 18.9 Å². The zero-order valence-corrected chi connectivity index (χ0v) is 12.0. The summed E-state index contributed by atoms with van der Waals surface area (Å²) in [6.45, 7) is 4.20. The fourth-order valence-corrected chi connectivity index (χ4v) is 2.91. The molecule has 2 rings (SSSR count). The van der Waals surface area contributed by atoms with Crippen molar-refractivity contribution in [1.29, 1.82) is 0 Å². The molecule has 2 atom stereocenters. The Hall–Kier alpha value is -1.46. The van der Waals surface area contributed by atoms with Gasteiger partial charge in [0.05, 0.1) is 15.2 Å².